The summed E-state index contributed by atoms with van der Waals surface area (Å²) in [5, 5.41) is 3.50. The average Bonchev–Trinajstić information content (AvgIpc) is 2.28. The molecule has 17 heavy (non-hydrogen) atoms. The Bertz CT molecular complexity index is 579. The van der Waals surface area contributed by atoms with Gasteiger partial charge in [0.1, 0.15) is 11.3 Å². The Kier molecular flexibility index (Phi) is 2.96. The minimum atomic E-state index is -0.623. The topological polar surface area (TPSA) is 24.9 Å². The second kappa shape index (κ2) is 4.28. The molecule has 1 aromatic heterocycles. The van der Waals surface area contributed by atoms with Gasteiger partial charge in [-0.3, -0.25) is 0 Å². The normalized spacial score (nSPS) is 10.9. The van der Waals surface area contributed by atoms with Gasteiger partial charge in [0.15, 0.2) is 5.82 Å². The summed E-state index contributed by atoms with van der Waals surface area (Å²) in [5.74, 6) is -1.21. The van der Waals surface area contributed by atoms with Gasteiger partial charge < -0.3 is 5.32 Å². The zero-order valence-corrected chi connectivity index (χ0v) is 10.1. The van der Waals surface area contributed by atoms with Gasteiger partial charge in [0, 0.05) is 29.9 Å². The molecule has 0 saturated carbocycles. The SMILES string of the molecule is CCc1c(C)nc2c(F)cc(F)cc2c1NC. The second-order valence-corrected chi connectivity index (χ2v) is 3.94. The monoisotopic (exact) mass is 236 g/mol. The fourth-order valence-corrected chi connectivity index (χ4v) is 2.17. The molecule has 0 atom stereocenters. The van der Waals surface area contributed by atoms with Gasteiger partial charge in [0.2, 0.25) is 0 Å². The van der Waals surface area contributed by atoms with E-state index < -0.39 is 11.6 Å². The predicted molar refractivity (Wildman–Crippen MR) is 65.3 cm³/mol. The van der Waals surface area contributed by atoms with Gasteiger partial charge in [-0.25, -0.2) is 13.8 Å². The highest BCUT2D eigenvalue weighted by atomic mass is 19.1. The number of halogens is 2. The first-order chi connectivity index (χ1) is 8.08. The molecule has 0 fully saturated rings. The Morgan fingerprint density at radius 2 is 2.00 bits per heavy atom. The van der Waals surface area contributed by atoms with E-state index in [0.717, 1.165) is 29.4 Å². The van der Waals surface area contributed by atoms with Crippen LogP contribution in [-0.4, -0.2) is 12.0 Å². The van der Waals surface area contributed by atoms with Gasteiger partial charge >= 0.3 is 0 Å². The van der Waals surface area contributed by atoms with Crippen LogP contribution in [0.2, 0.25) is 0 Å². The summed E-state index contributed by atoms with van der Waals surface area (Å²) in [4.78, 5) is 4.21. The number of hydrogen-bond donors (Lipinski definition) is 1. The molecular formula is C13H14F2N2. The molecule has 0 amide bonds. The van der Waals surface area contributed by atoms with Crippen molar-refractivity contribution in [3.05, 3.63) is 35.0 Å². The van der Waals surface area contributed by atoms with E-state index in [1.54, 1.807) is 7.05 Å². The third kappa shape index (κ3) is 1.84. The summed E-state index contributed by atoms with van der Waals surface area (Å²) in [6, 6.07) is 2.18. The maximum atomic E-state index is 13.6. The van der Waals surface area contributed by atoms with Crippen LogP contribution in [0.3, 0.4) is 0 Å². The molecule has 0 aliphatic carbocycles. The molecule has 1 aromatic carbocycles. The molecule has 2 rings (SSSR count). The lowest BCUT2D eigenvalue weighted by Crippen LogP contribution is -2.02. The third-order valence-corrected chi connectivity index (χ3v) is 2.92. The number of nitrogens with zero attached hydrogens (tertiary/aromatic N) is 1. The van der Waals surface area contributed by atoms with E-state index in [2.05, 4.69) is 10.3 Å². The minimum Gasteiger partial charge on any atom is -0.387 e. The van der Waals surface area contributed by atoms with E-state index in [4.69, 9.17) is 0 Å². The molecular weight excluding hydrogens is 222 g/mol. The van der Waals surface area contributed by atoms with Crippen molar-refractivity contribution < 1.29 is 8.78 Å². The Balaban J connectivity index is 2.93. The first kappa shape index (κ1) is 11.8. The second-order valence-electron chi connectivity index (χ2n) is 3.94. The van der Waals surface area contributed by atoms with Crippen LogP contribution in [0.1, 0.15) is 18.2 Å². The molecule has 2 nitrogen and oxygen atoms in total. The number of aromatic nitrogens is 1. The predicted octanol–water partition coefficient (Wildman–Crippen LogP) is 3.43. The molecule has 1 heterocycles. The number of nitrogens with one attached hydrogen (secondary N) is 1. The van der Waals surface area contributed by atoms with Crippen LogP contribution in [0.5, 0.6) is 0 Å². The summed E-state index contributed by atoms with van der Waals surface area (Å²) < 4.78 is 26.9. The lowest BCUT2D eigenvalue weighted by Gasteiger charge is -2.14. The van der Waals surface area contributed by atoms with E-state index in [1.165, 1.54) is 6.07 Å². The van der Waals surface area contributed by atoms with E-state index in [9.17, 15) is 8.78 Å². The number of anilines is 1. The minimum absolute atomic E-state index is 0.213. The summed E-state index contributed by atoms with van der Waals surface area (Å²) in [7, 11) is 1.75. The molecule has 0 unspecified atom stereocenters. The van der Waals surface area contributed by atoms with Gasteiger partial charge in [-0.2, -0.15) is 0 Å². The molecule has 0 aliphatic rings. The molecule has 1 N–H and O–H groups in total. The Morgan fingerprint density at radius 1 is 1.29 bits per heavy atom. The lowest BCUT2D eigenvalue weighted by atomic mass is 10.0. The van der Waals surface area contributed by atoms with Crippen LogP contribution in [0.4, 0.5) is 14.5 Å². The Labute approximate surface area is 98.7 Å². The van der Waals surface area contributed by atoms with Crippen molar-refractivity contribution in [3.63, 3.8) is 0 Å². The van der Waals surface area contributed by atoms with Crippen molar-refractivity contribution >= 4 is 16.6 Å². The first-order valence-electron chi connectivity index (χ1n) is 5.54. The number of fused-ring (bicyclic) bond motifs is 1. The molecule has 2 aromatic rings. The quantitative estimate of drug-likeness (QED) is 0.864. The standard InChI is InChI=1S/C13H14F2N2/c1-4-9-7(2)17-13-10(12(9)16-3)5-8(14)6-11(13)15/h5-6H,4H2,1-3H3,(H,16,17). The van der Waals surface area contributed by atoms with Gasteiger partial charge in [0.25, 0.3) is 0 Å². The molecule has 0 aliphatic heterocycles. The highest BCUT2D eigenvalue weighted by molar-refractivity contribution is 5.93. The van der Waals surface area contributed by atoms with Crippen molar-refractivity contribution in [2.45, 2.75) is 20.3 Å². The molecule has 0 bridgehead atoms. The molecule has 4 heteroatoms. The number of aryl methyl sites for hydroxylation is 1. The maximum Gasteiger partial charge on any atom is 0.152 e. The molecule has 90 valence electrons. The number of rotatable bonds is 2. The van der Waals surface area contributed by atoms with E-state index in [1.807, 2.05) is 13.8 Å². The fraction of sp³-hybridized carbons (Fsp3) is 0.308. The van der Waals surface area contributed by atoms with E-state index in [0.29, 0.717) is 5.39 Å². The highest BCUT2D eigenvalue weighted by Gasteiger charge is 2.14. The van der Waals surface area contributed by atoms with Crippen LogP contribution >= 0.6 is 0 Å². The fourth-order valence-electron chi connectivity index (χ4n) is 2.17. The van der Waals surface area contributed by atoms with Crippen LogP contribution in [0.25, 0.3) is 10.9 Å². The van der Waals surface area contributed by atoms with Crippen LogP contribution in [0, 0.1) is 18.6 Å². The van der Waals surface area contributed by atoms with Gasteiger partial charge in [-0.1, -0.05) is 6.92 Å². The van der Waals surface area contributed by atoms with Crippen molar-refractivity contribution in [1.82, 2.24) is 4.98 Å². The van der Waals surface area contributed by atoms with Crippen molar-refractivity contribution in [1.29, 1.82) is 0 Å². The van der Waals surface area contributed by atoms with Gasteiger partial charge in [0.05, 0.1) is 0 Å². The smallest absolute Gasteiger partial charge is 0.152 e. The van der Waals surface area contributed by atoms with E-state index >= 15 is 0 Å². The summed E-state index contributed by atoms with van der Waals surface area (Å²) >= 11 is 0. The van der Waals surface area contributed by atoms with Gasteiger partial charge in [-0.15, -0.1) is 0 Å². The lowest BCUT2D eigenvalue weighted by molar-refractivity contribution is 0.590. The van der Waals surface area contributed by atoms with Gasteiger partial charge in [-0.05, 0) is 25.0 Å². The summed E-state index contributed by atoms with van der Waals surface area (Å²) in [5.41, 5.74) is 2.73. The van der Waals surface area contributed by atoms with E-state index in [-0.39, 0.29) is 5.52 Å². The van der Waals surface area contributed by atoms with Crippen molar-refractivity contribution in [3.8, 4) is 0 Å². The van der Waals surface area contributed by atoms with Crippen LogP contribution < -0.4 is 5.32 Å². The largest absolute Gasteiger partial charge is 0.387 e. The zero-order valence-electron chi connectivity index (χ0n) is 10.1. The molecule has 0 radical (unpaired) electrons. The first-order valence-corrected chi connectivity index (χ1v) is 5.54. The number of hydrogen-bond acceptors (Lipinski definition) is 2. The maximum absolute atomic E-state index is 13.6. The average molecular weight is 236 g/mol. The highest BCUT2D eigenvalue weighted by Crippen LogP contribution is 2.30. The van der Waals surface area contributed by atoms with Crippen molar-refractivity contribution in [2.75, 3.05) is 12.4 Å². The molecule has 0 saturated heterocycles. The van der Waals surface area contributed by atoms with Crippen LogP contribution in [-0.2, 0) is 6.42 Å². The zero-order chi connectivity index (χ0) is 12.6. The Hall–Kier alpha value is -1.71. The van der Waals surface area contributed by atoms with Crippen molar-refractivity contribution in [2.24, 2.45) is 0 Å². The summed E-state index contributed by atoms with van der Waals surface area (Å²) in [6.07, 6.45) is 0.767. The Morgan fingerprint density at radius 3 is 2.59 bits per heavy atom. The third-order valence-electron chi connectivity index (χ3n) is 2.92. The molecule has 0 spiro atoms. The number of pyridine rings is 1. The summed E-state index contributed by atoms with van der Waals surface area (Å²) in [6.45, 7) is 3.83. The van der Waals surface area contributed by atoms with Crippen LogP contribution in [0.15, 0.2) is 12.1 Å². The number of benzene rings is 1.